The number of hydrogen-bond acceptors (Lipinski definition) is 3. The molecule has 2 aromatic rings. The summed E-state index contributed by atoms with van der Waals surface area (Å²) in [6, 6.07) is 7.38. The van der Waals surface area contributed by atoms with Gasteiger partial charge in [-0.1, -0.05) is 26.0 Å². The third kappa shape index (κ3) is 3.14. The standard InChI is InChI=1S/C13H17N3O2S/c1-9(2)11-5-4-6-12(7-11)16-19(17,18)13-8-14-10(3)15-13/h4-9,16H,1-3H3,(H,14,15). The van der Waals surface area contributed by atoms with Crippen LogP contribution in [0.15, 0.2) is 35.5 Å². The zero-order chi connectivity index (χ0) is 14.0. The molecule has 0 unspecified atom stereocenters. The molecule has 0 radical (unpaired) electrons. The van der Waals surface area contributed by atoms with Crippen LogP contribution in [0.2, 0.25) is 0 Å². The number of anilines is 1. The van der Waals surface area contributed by atoms with Crippen molar-refractivity contribution in [3.8, 4) is 0 Å². The van der Waals surface area contributed by atoms with Crippen molar-refractivity contribution in [2.45, 2.75) is 31.7 Å². The Hall–Kier alpha value is -1.82. The first-order valence-corrected chi connectivity index (χ1v) is 7.51. The molecule has 2 N–H and O–H groups in total. The van der Waals surface area contributed by atoms with Gasteiger partial charge in [0, 0.05) is 5.69 Å². The van der Waals surface area contributed by atoms with Gasteiger partial charge in [-0.3, -0.25) is 4.72 Å². The maximum atomic E-state index is 12.1. The number of imidazole rings is 1. The van der Waals surface area contributed by atoms with Gasteiger partial charge >= 0.3 is 0 Å². The second kappa shape index (κ2) is 5.05. The molecule has 5 nitrogen and oxygen atoms in total. The molecule has 0 atom stereocenters. The van der Waals surface area contributed by atoms with Crippen molar-refractivity contribution in [3.63, 3.8) is 0 Å². The van der Waals surface area contributed by atoms with E-state index in [2.05, 4.69) is 28.5 Å². The highest BCUT2D eigenvalue weighted by Gasteiger charge is 2.16. The predicted octanol–water partition coefficient (Wildman–Crippen LogP) is 2.64. The quantitative estimate of drug-likeness (QED) is 0.903. The zero-order valence-corrected chi connectivity index (χ0v) is 12.0. The number of H-pyrrole nitrogens is 1. The highest BCUT2D eigenvalue weighted by molar-refractivity contribution is 7.92. The molecule has 0 spiro atoms. The fourth-order valence-electron chi connectivity index (χ4n) is 1.71. The van der Waals surface area contributed by atoms with Crippen molar-refractivity contribution in [2.75, 3.05) is 4.72 Å². The van der Waals surface area contributed by atoms with E-state index in [4.69, 9.17) is 0 Å². The summed E-state index contributed by atoms with van der Waals surface area (Å²) in [6.45, 7) is 5.83. The summed E-state index contributed by atoms with van der Waals surface area (Å²) in [4.78, 5) is 6.61. The topological polar surface area (TPSA) is 74.8 Å². The molecule has 19 heavy (non-hydrogen) atoms. The van der Waals surface area contributed by atoms with Gasteiger partial charge in [0.05, 0.1) is 6.20 Å². The number of rotatable bonds is 4. The van der Waals surface area contributed by atoms with Crippen LogP contribution in [0.1, 0.15) is 31.2 Å². The maximum absolute atomic E-state index is 12.1. The van der Waals surface area contributed by atoms with Gasteiger partial charge in [0.15, 0.2) is 5.03 Å². The van der Waals surface area contributed by atoms with Gasteiger partial charge in [0.1, 0.15) is 5.82 Å². The molecule has 1 aromatic carbocycles. The van der Waals surface area contributed by atoms with Gasteiger partial charge in [-0.2, -0.15) is 8.42 Å². The highest BCUT2D eigenvalue weighted by atomic mass is 32.2. The zero-order valence-electron chi connectivity index (χ0n) is 11.1. The molecule has 0 saturated heterocycles. The first-order valence-electron chi connectivity index (χ1n) is 6.03. The van der Waals surface area contributed by atoms with Crippen molar-refractivity contribution in [1.82, 2.24) is 9.97 Å². The first-order chi connectivity index (χ1) is 8.88. The Morgan fingerprint density at radius 3 is 2.63 bits per heavy atom. The number of aromatic nitrogens is 2. The van der Waals surface area contributed by atoms with Crippen molar-refractivity contribution >= 4 is 15.7 Å². The van der Waals surface area contributed by atoms with Crippen LogP contribution < -0.4 is 4.72 Å². The molecule has 0 aliphatic rings. The number of benzene rings is 1. The van der Waals surface area contributed by atoms with Gasteiger partial charge in [-0.15, -0.1) is 0 Å². The Balaban J connectivity index is 2.28. The lowest BCUT2D eigenvalue weighted by Gasteiger charge is -2.10. The van der Waals surface area contributed by atoms with Gasteiger partial charge in [-0.25, -0.2) is 4.98 Å². The number of aromatic amines is 1. The third-order valence-corrected chi connectivity index (χ3v) is 4.07. The number of hydrogen-bond donors (Lipinski definition) is 2. The van der Waals surface area contributed by atoms with Crippen LogP contribution >= 0.6 is 0 Å². The first kappa shape index (κ1) is 13.6. The lowest BCUT2D eigenvalue weighted by Crippen LogP contribution is -2.13. The van der Waals surface area contributed by atoms with Crippen LogP contribution in [-0.4, -0.2) is 18.4 Å². The largest absolute Gasteiger partial charge is 0.332 e. The van der Waals surface area contributed by atoms with Crippen LogP contribution in [0.4, 0.5) is 5.69 Å². The Labute approximate surface area is 113 Å². The molecule has 1 heterocycles. The summed E-state index contributed by atoms with van der Waals surface area (Å²) in [5.74, 6) is 0.912. The van der Waals surface area contributed by atoms with E-state index in [1.54, 1.807) is 13.0 Å². The van der Waals surface area contributed by atoms with E-state index in [9.17, 15) is 8.42 Å². The van der Waals surface area contributed by atoms with Crippen molar-refractivity contribution < 1.29 is 8.42 Å². The van der Waals surface area contributed by atoms with E-state index in [1.807, 2.05) is 18.2 Å². The lowest BCUT2D eigenvalue weighted by molar-refractivity contribution is 0.598. The van der Waals surface area contributed by atoms with E-state index in [1.165, 1.54) is 6.20 Å². The number of aryl methyl sites for hydroxylation is 1. The maximum Gasteiger partial charge on any atom is 0.278 e. The monoisotopic (exact) mass is 279 g/mol. The fourth-order valence-corrected chi connectivity index (χ4v) is 2.73. The molecule has 6 heteroatoms. The minimum absolute atomic E-state index is 0.0694. The Bertz CT molecular complexity index is 675. The summed E-state index contributed by atoms with van der Waals surface area (Å²) in [5.41, 5.74) is 1.64. The lowest BCUT2D eigenvalue weighted by atomic mass is 10.0. The van der Waals surface area contributed by atoms with E-state index in [-0.39, 0.29) is 5.03 Å². The van der Waals surface area contributed by atoms with Crippen molar-refractivity contribution in [3.05, 3.63) is 41.9 Å². The van der Waals surface area contributed by atoms with Gasteiger partial charge in [0.2, 0.25) is 0 Å². The van der Waals surface area contributed by atoms with Crippen LogP contribution in [0.5, 0.6) is 0 Å². The smallest absolute Gasteiger partial charge is 0.278 e. The van der Waals surface area contributed by atoms with E-state index in [0.29, 0.717) is 17.4 Å². The molecule has 0 amide bonds. The Morgan fingerprint density at radius 2 is 2.05 bits per heavy atom. The molecule has 1 aromatic heterocycles. The van der Waals surface area contributed by atoms with Gasteiger partial charge in [-0.05, 0) is 30.5 Å². The SMILES string of the molecule is Cc1ncc(S(=O)(=O)Nc2cccc(C(C)C)c2)[nH]1. The molecule has 0 aliphatic heterocycles. The minimum atomic E-state index is -3.60. The molecule has 0 aliphatic carbocycles. The molecule has 0 fully saturated rings. The molecular weight excluding hydrogens is 262 g/mol. The van der Waals surface area contributed by atoms with E-state index < -0.39 is 10.0 Å². The minimum Gasteiger partial charge on any atom is -0.332 e. The molecule has 0 saturated carbocycles. The summed E-state index contributed by atoms with van der Waals surface area (Å²) in [7, 11) is -3.60. The van der Waals surface area contributed by atoms with Crippen molar-refractivity contribution in [2.24, 2.45) is 0 Å². The van der Waals surface area contributed by atoms with Crippen molar-refractivity contribution in [1.29, 1.82) is 0 Å². The second-order valence-corrected chi connectivity index (χ2v) is 6.37. The number of nitrogens with one attached hydrogen (secondary N) is 2. The number of sulfonamides is 1. The fraction of sp³-hybridized carbons (Fsp3) is 0.308. The van der Waals surface area contributed by atoms with Crippen LogP contribution in [0.3, 0.4) is 0 Å². The average molecular weight is 279 g/mol. The predicted molar refractivity (Wildman–Crippen MR) is 74.7 cm³/mol. The second-order valence-electron chi connectivity index (χ2n) is 4.72. The summed E-state index contributed by atoms with van der Waals surface area (Å²) < 4.78 is 26.8. The van der Waals surface area contributed by atoms with Crippen LogP contribution in [-0.2, 0) is 10.0 Å². The van der Waals surface area contributed by atoms with Gasteiger partial charge < -0.3 is 4.98 Å². The summed E-state index contributed by atoms with van der Waals surface area (Å²) >= 11 is 0. The average Bonchev–Trinajstić information content (AvgIpc) is 2.76. The molecule has 102 valence electrons. The normalized spacial score (nSPS) is 11.8. The summed E-state index contributed by atoms with van der Waals surface area (Å²) in [6.07, 6.45) is 1.31. The molecular formula is C13H17N3O2S. The van der Waals surface area contributed by atoms with Crippen LogP contribution in [0.25, 0.3) is 0 Å². The Kier molecular flexibility index (Phi) is 3.61. The summed E-state index contributed by atoms with van der Waals surface area (Å²) in [5, 5.41) is 0.0694. The van der Waals surface area contributed by atoms with Gasteiger partial charge in [0.25, 0.3) is 10.0 Å². The third-order valence-electron chi connectivity index (χ3n) is 2.77. The molecule has 2 rings (SSSR count). The molecule has 0 bridgehead atoms. The van der Waals surface area contributed by atoms with Crippen LogP contribution in [0, 0.1) is 6.92 Å². The number of nitrogens with zero attached hydrogens (tertiary/aromatic N) is 1. The highest BCUT2D eigenvalue weighted by Crippen LogP contribution is 2.20. The van der Waals surface area contributed by atoms with E-state index >= 15 is 0 Å². The Morgan fingerprint density at radius 1 is 1.32 bits per heavy atom. The van der Waals surface area contributed by atoms with E-state index in [0.717, 1.165) is 5.56 Å².